The largest absolute Gasteiger partial charge is 0.337 e. The van der Waals surface area contributed by atoms with E-state index in [0.717, 1.165) is 16.7 Å². The monoisotopic (exact) mass is 440 g/mol. The van der Waals surface area contributed by atoms with Crippen LogP contribution in [-0.4, -0.2) is 41.7 Å². The Morgan fingerprint density at radius 1 is 1.06 bits per heavy atom. The average molecular weight is 440 g/mol. The molecule has 1 aromatic heterocycles. The molecule has 9 nitrogen and oxygen atoms in total. The van der Waals surface area contributed by atoms with E-state index in [1.165, 1.54) is 24.3 Å². The topological polar surface area (TPSA) is 122 Å². The highest BCUT2D eigenvalue weighted by atomic mass is 32.2. The van der Waals surface area contributed by atoms with Crippen molar-refractivity contribution in [3.63, 3.8) is 0 Å². The molecule has 31 heavy (non-hydrogen) atoms. The van der Waals surface area contributed by atoms with Crippen molar-refractivity contribution in [2.75, 3.05) is 6.26 Å². The fourth-order valence-electron chi connectivity index (χ4n) is 3.41. The summed E-state index contributed by atoms with van der Waals surface area (Å²) >= 11 is 0. The summed E-state index contributed by atoms with van der Waals surface area (Å²) in [6.45, 7) is 1.40. The van der Waals surface area contributed by atoms with Gasteiger partial charge in [0.15, 0.2) is 15.7 Å². The molecule has 1 aliphatic rings. The van der Waals surface area contributed by atoms with Gasteiger partial charge in [0.05, 0.1) is 4.90 Å². The fraction of sp³-hybridized carbons (Fsp3) is 0.238. The van der Waals surface area contributed by atoms with Crippen LogP contribution in [0.2, 0.25) is 0 Å². The molecule has 0 unspecified atom stereocenters. The highest BCUT2D eigenvalue weighted by Gasteiger charge is 2.49. The Kier molecular flexibility index (Phi) is 5.10. The second-order valence-electron chi connectivity index (χ2n) is 7.51. The number of nitrogens with one attached hydrogen (secondary N) is 1. The average Bonchev–Trinajstić information content (AvgIpc) is 3.26. The summed E-state index contributed by atoms with van der Waals surface area (Å²) in [7, 11) is -3.37. The molecule has 0 spiro atoms. The second kappa shape index (κ2) is 7.62. The van der Waals surface area contributed by atoms with E-state index in [1.54, 1.807) is 6.92 Å². The van der Waals surface area contributed by atoms with Crippen LogP contribution in [0.15, 0.2) is 64.0 Å². The minimum Gasteiger partial charge on any atom is -0.337 e. The van der Waals surface area contributed by atoms with E-state index >= 15 is 0 Å². The number of hydrogen-bond acceptors (Lipinski definition) is 7. The molecule has 2 aromatic carbocycles. The minimum atomic E-state index is -3.37. The summed E-state index contributed by atoms with van der Waals surface area (Å²) in [6.07, 6.45) is 1.57. The van der Waals surface area contributed by atoms with E-state index in [0.29, 0.717) is 17.8 Å². The molecule has 2 heterocycles. The Morgan fingerprint density at radius 2 is 1.74 bits per heavy atom. The smallest absolute Gasteiger partial charge is 0.325 e. The van der Waals surface area contributed by atoms with Crippen LogP contribution < -0.4 is 5.32 Å². The third-order valence-corrected chi connectivity index (χ3v) is 6.27. The van der Waals surface area contributed by atoms with Gasteiger partial charge < -0.3 is 9.84 Å². The van der Waals surface area contributed by atoms with Gasteiger partial charge in [-0.05, 0) is 30.2 Å². The van der Waals surface area contributed by atoms with Crippen LogP contribution in [0.1, 0.15) is 29.8 Å². The molecule has 0 saturated carbocycles. The van der Waals surface area contributed by atoms with Crippen LogP contribution in [0, 0.1) is 0 Å². The number of benzene rings is 2. The molecule has 1 fully saturated rings. The third-order valence-electron chi connectivity index (χ3n) is 5.14. The summed E-state index contributed by atoms with van der Waals surface area (Å²) in [6, 6.07) is 14.9. The molecule has 0 bridgehead atoms. The molecule has 1 aliphatic heterocycles. The first kappa shape index (κ1) is 20.7. The van der Waals surface area contributed by atoms with Crippen LogP contribution in [0.25, 0.3) is 0 Å². The van der Waals surface area contributed by atoms with E-state index in [-0.39, 0.29) is 17.3 Å². The first-order chi connectivity index (χ1) is 14.7. The molecule has 1 atom stereocenters. The van der Waals surface area contributed by atoms with Crippen LogP contribution in [0.5, 0.6) is 0 Å². The predicted molar refractivity (Wildman–Crippen MR) is 110 cm³/mol. The number of aromatic nitrogens is 2. The minimum absolute atomic E-state index is 0.130. The molecule has 10 heteroatoms. The zero-order chi connectivity index (χ0) is 22.2. The molecule has 1 saturated heterocycles. The summed E-state index contributed by atoms with van der Waals surface area (Å²) < 4.78 is 28.6. The fourth-order valence-corrected chi connectivity index (χ4v) is 4.04. The Hall–Kier alpha value is -3.53. The van der Waals surface area contributed by atoms with Crippen LogP contribution in [-0.2, 0) is 33.1 Å². The van der Waals surface area contributed by atoms with Crippen LogP contribution in [0.3, 0.4) is 0 Å². The lowest BCUT2D eigenvalue weighted by molar-refractivity contribution is -0.131. The normalized spacial score (nSPS) is 19.0. The number of hydrogen-bond donors (Lipinski definition) is 1. The third kappa shape index (κ3) is 4.06. The van der Waals surface area contributed by atoms with Crippen molar-refractivity contribution >= 4 is 21.8 Å². The van der Waals surface area contributed by atoms with Crippen molar-refractivity contribution in [3.8, 4) is 0 Å². The van der Waals surface area contributed by atoms with Gasteiger partial charge in [0, 0.05) is 12.7 Å². The van der Waals surface area contributed by atoms with E-state index < -0.39 is 27.3 Å². The highest BCUT2D eigenvalue weighted by molar-refractivity contribution is 7.90. The number of amides is 3. The Labute approximate surface area is 179 Å². The van der Waals surface area contributed by atoms with Gasteiger partial charge in [0.25, 0.3) is 5.91 Å². The molecule has 3 amide bonds. The molecular formula is C21H20N4O5S. The van der Waals surface area contributed by atoms with Crippen molar-refractivity contribution in [1.29, 1.82) is 0 Å². The van der Waals surface area contributed by atoms with Gasteiger partial charge in [-0.1, -0.05) is 47.6 Å². The van der Waals surface area contributed by atoms with Crippen LogP contribution >= 0.6 is 0 Å². The number of rotatable bonds is 6. The second-order valence-corrected chi connectivity index (χ2v) is 9.53. The van der Waals surface area contributed by atoms with Crippen molar-refractivity contribution in [2.45, 2.75) is 30.3 Å². The number of imide groups is 1. The van der Waals surface area contributed by atoms with Gasteiger partial charge in [0.2, 0.25) is 5.89 Å². The zero-order valence-electron chi connectivity index (χ0n) is 16.9. The first-order valence-corrected chi connectivity index (χ1v) is 11.4. The lowest BCUT2D eigenvalue weighted by atomic mass is 9.92. The number of carbonyl (C=O) groups excluding carboxylic acids is 2. The summed E-state index contributed by atoms with van der Waals surface area (Å²) in [5, 5.41) is 6.59. The van der Waals surface area contributed by atoms with Gasteiger partial charge in [0.1, 0.15) is 12.1 Å². The molecule has 3 aromatic rings. The lowest BCUT2D eigenvalue weighted by Crippen LogP contribution is -2.40. The molecular weight excluding hydrogens is 420 g/mol. The maximum absolute atomic E-state index is 13.1. The molecule has 0 radical (unpaired) electrons. The number of urea groups is 1. The zero-order valence-corrected chi connectivity index (χ0v) is 17.7. The molecule has 1 N–H and O–H groups in total. The Morgan fingerprint density at radius 3 is 2.39 bits per heavy atom. The Balaban J connectivity index is 1.51. The van der Waals surface area contributed by atoms with Crippen molar-refractivity contribution < 1.29 is 22.5 Å². The van der Waals surface area contributed by atoms with E-state index in [2.05, 4.69) is 15.5 Å². The predicted octanol–water partition coefficient (Wildman–Crippen LogP) is 2.03. The van der Waals surface area contributed by atoms with Gasteiger partial charge in [-0.25, -0.2) is 13.2 Å². The number of carbonyl (C=O) groups is 2. The highest BCUT2D eigenvalue weighted by Crippen LogP contribution is 2.30. The van der Waals surface area contributed by atoms with Crippen molar-refractivity contribution in [1.82, 2.24) is 20.4 Å². The van der Waals surface area contributed by atoms with Crippen molar-refractivity contribution in [3.05, 3.63) is 77.4 Å². The number of sulfone groups is 1. The summed E-state index contributed by atoms with van der Waals surface area (Å²) in [4.78, 5) is 31.0. The SMILES string of the molecule is C[C@]1(c2ccc(S(C)(=O)=O)cc2)NC(=O)N(Cc2nc(Cc3ccccc3)no2)C1=O. The number of nitrogens with zero attached hydrogens (tertiary/aromatic N) is 3. The quantitative estimate of drug-likeness (QED) is 0.582. The summed E-state index contributed by atoms with van der Waals surface area (Å²) in [5.74, 6) is 0.103. The van der Waals surface area contributed by atoms with Gasteiger partial charge >= 0.3 is 6.03 Å². The summed E-state index contributed by atoms with van der Waals surface area (Å²) in [5.41, 5.74) is 0.144. The van der Waals surface area contributed by atoms with E-state index in [4.69, 9.17) is 4.52 Å². The Bertz CT molecular complexity index is 1240. The van der Waals surface area contributed by atoms with Gasteiger partial charge in [-0.15, -0.1) is 0 Å². The maximum atomic E-state index is 13.1. The molecule has 4 rings (SSSR count). The van der Waals surface area contributed by atoms with E-state index in [9.17, 15) is 18.0 Å². The van der Waals surface area contributed by atoms with Crippen LogP contribution in [0.4, 0.5) is 4.79 Å². The lowest BCUT2D eigenvalue weighted by Gasteiger charge is -2.22. The van der Waals surface area contributed by atoms with Crippen molar-refractivity contribution in [2.24, 2.45) is 0 Å². The van der Waals surface area contributed by atoms with E-state index in [1.807, 2.05) is 30.3 Å². The first-order valence-electron chi connectivity index (χ1n) is 9.47. The maximum Gasteiger partial charge on any atom is 0.325 e. The standard InChI is InChI=1S/C21H20N4O5S/c1-21(15-8-10-16(11-9-15)31(2,28)29)19(26)25(20(27)23-21)13-18-22-17(24-30-18)12-14-6-4-3-5-7-14/h3-11H,12-13H2,1-2H3,(H,23,27)/t21-/m1/s1. The molecule has 0 aliphatic carbocycles. The molecule has 160 valence electrons. The van der Waals surface area contributed by atoms with Gasteiger partial charge in [-0.2, -0.15) is 4.98 Å². The van der Waals surface area contributed by atoms with Gasteiger partial charge in [-0.3, -0.25) is 9.69 Å².